The number of H-pyrrole nitrogens is 1. The van der Waals surface area contributed by atoms with Crippen molar-refractivity contribution < 1.29 is 5.11 Å². The van der Waals surface area contributed by atoms with E-state index in [4.69, 9.17) is 0 Å². The fraction of sp³-hybridized carbons (Fsp3) is 0.231. The Kier molecular flexibility index (Phi) is 2.24. The second kappa shape index (κ2) is 3.68. The highest BCUT2D eigenvalue weighted by Crippen LogP contribution is 2.17. The van der Waals surface area contributed by atoms with Crippen LogP contribution >= 0.6 is 0 Å². The van der Waals surface area contributed by atoms with Crippen LogP contribution in [0.1, 0.15) is 17.0 Å². The molecule has 0 aliphatic carbocycles. The summed E-state index contributed by atoms with van der Waals surface area (Å²) in [5, 5.41) is 9.24. The zero-order valence-electron chi connectivity index (χ0n) is 10.2. The zero-order chi connectivity index (χ0) is 12.9. The van der Waals surface area contributed by atoms with Gasteiger partial charge in [0.25, 0.3) is 5.56 Å². The number of rotatable bonds is 1. The molecule has 5 heteroatoms. The number of hydrogen-bond donors (Lipinski definition) is 2. The molecule has 0 amide bonds. The second-order valence-corrected chi connectivity index (χ2v) is 4.44. The summed E-state index contributed by atoms with van der Waals surface area (Å²) in [6, 6.07) is 5.86. The van der Waals surface area contributed by atoms with Crippen LogP contribution < -0.4 is 5.56 Å². The summed E-state index contributed by atoms with van der Waals surface area (Å²) in [5.74, 6) is 0. The lowest BCUT2D eigenvalue weighted by atomic mass is 10.2. The lowest BCUT2D eigenvalue weighted by Crippen LogP contribution is -2.11. The van der Waals surface area contributed by atoms with E-state index in [-0.39, 0.29) is 12.2 Å². The van der Waals surface area contributed by atoms with E-state index in [2.05, 4.69) is 9.97 Å². The summed E-state index contributed by atoms with van der Waals surface area (Å²) in [4.78, 5) is 19.0. The first-order valence-electron chi connectivity index (χ1n) is 5.73. The van der Waals surface area contributed by atoms with E-state index in [0.717, 1.165) is 22.3 Å². The van der Waals surface area contributed by atoms with E-state index < -0.39 is 0 Å². The van der Waals surface area contributed by atoms with Gasteiger partial charge in [0.05, 0.1) is 23.3 Å². The van der Waals surface area contributed by atoms with Gasteiger partial charge in [-0.1, -0.05) is 6.07 Å². The smallest absolute Gasteiger partial charge is 0.292 e. The molecular weight excluding hydrogens is 230 g/mol. The molecule has 0 aliphatic heterocycles. The van der Waals surface area contributed by atoms with Crippen LogP contribution in [0, 0.1) is 13.8 Å². The van der Waals surface area contributed by atoms with Gasteiger partial charge in [-0.2, -0.15) is 0 Å². The Morgan fingerprint density at radius 1 is 1.39 bits per heavy atom. The Morgan fingerprint density at radius 2 is 2.17 bits per heavy atom. The molecule has 92 valence electrons. The number of aliphatic hydroxyl groups is 1. The van der Waals surface area contributed by atoms with Crippen LogP contribution in [-0.2, 0) is 6.61 Å². The highest BCUT2D eigenvalue weighted by molar-refractivity contribution is 5.78. The topological polar surface area (TPSA) is 70.4 Å². The third-order valence-electron chi connectivity index (χ3n) is 3.20. The number of aryl methyl sites for hydroxylation is 2. The summed E-state index contributed by atoms with van der Waals surface area (Å²) in [6.07, 6.45) is 0. The van der Waals surface area contributed by atoms with Crippen molar-refractivity contribution in [3.8, 4) is 0 Å². The van der Waals surface area contributed by atoms with Gasteiger partial charge in [0.15, 0.2) is 0 Å². The SMILES string of the molecule is Cc1ccc2c(c1)[nH]c(=O)c1nc(CO)c(C)n12. The van der Waals surface area contributed by atoms with Gasteiger partial charge < -0.3 is 10.1 Å². The first-order valence-corrected chi connectivity index (χ1v) is 5.73. The average Bonchev–Trinajstić information content (AvgIpc) is 2.67. The van der Waals surface area contributed by atoms with Crippen molar-refractivity contribution >= 4 is 16.7 Å². The Labute approximate surface area is 103 Å². The molecular formula is C13H13N3O2. The van der Waals surface area contributed by atoms with Gasteiger partial charge in [0, 0.05) is 5.69 Å². The molecule has 5 nitrogen and oxygen atoms in total. The van der Waals surface area contributed by atoms with Crippen LogP contribution in [0.15, 0.2) is 23.0 Å². The van der Waals surface area contributed by atoms with E-state index in [1.807, 2.05) is 32.0 Å². The number of hydrogen-bond acceptors (Lipinski definition) is 3. The summed E-state index contributed by atoms with van der Waals surface area (Å²) < 4.78 is 1.79. The predicted molar refractivity (Wildman–Crippen MR) is 68.7 cm³/mol. The summed E-state index contributed by atoms with van der Waals surface area (Å²) >= 11 is 0. The third kappa shape index (κ3) is 1.37. The van der Waals surface area contributed by atoms with E-state index >= 15 is 0 Å². The monoisotopic (exact) mass is 243 g/mol. The number of aromatic nitrogens is 3. The largest absolute Gasteiger partial charge is 0.390 e. The van der Waals surface area contributed by atoms with Gasteiger partial charge in [0.2, 0.25) is 5.65 Å². The van der Waals surface area contributed by atoms with Crippen LogP contribution in [0.3, 0.4) is 0 Å². The molecule has 0 saturated heterocycles. The molecule has 3 aromatic rings. The van der Waals surface area contributed by atoms with E-state index in [1.54, 1.807) is 4.40 Å². The fourth-order valence-electron chi connectivity index (χ4n) is 2.27. The van der Waals surface area contributed by atoms with Crippen LogP contribution in [0.5, 0.6) is 0 Å². The van der Waals surface area contributed by atoms with E-state index in [1.165, 1.54) is 0 Å². The number of imidazole rings is 1. The van der Waals surface area contributed by atoms with Crippen molar-refractivity contribution in [2.75, 3.05) is 0 Å². The van der Waals surface area contributed by atoms with Gasteiger partial charge in [-0.15, -0.1) is 0 Å². The molecule has 0 unspecified atom stereocenters. The normalized spacial score (nSPS) is 11.5. The maximum absolute atomic E-state index is 12.0. The number of nitrogens with one attached hydrogen (secondary N) is 1. The minimum Gasteiger partial charge on any atom is -0.390 e. The Balaban J connectivity index is 2.60. The Bertz CT molecular complexity index is 814. The van der Waals surface area contributed by atoms with Crippen LogP contribution in [-0.4, -0.2) is 19.5 Å². The number of aliphatic hydroxyl groups excluding tert-OH is 1. The van der Waals surface area contributed by atoms with Crippen molar-refractivity contribution in [3.05, 3.63) is 45.5 Å². The van der Waals surface area contributed by atoms with Gasteiger partial charge in [-0.25, -0.2) is 4.98 Å². The highest BCUT2D eigenvalue weighted by Gasteiger charge is 2.13. The van der Waals surface area contributed by atoms with Crippen LogP contribution in [0.4, 0.5) is 0 Å². The summed E-state index contributed by atoms with van der Waals surface area (Å²) in [7, 11) is 0. The maximum Gasteiger partial charge on any atom is 0.292 e. The van der Waals surface area contributed by atoms with Crippen molar-refractivity contribution in [1.29, 1.82) is 0 Å². The van der Waals surface area contributed by atoms with Crippen LogP contribution in [0.25, 0.3) is 16.7 Å². The maximum atomic E-state index is 12.0. The lowest BCUT2D eigenvalue weighted by Gasteiger charge is -2.04. The third-order valence-corrected chi connectivity index (χ3v) is 3.20. The number of benzene rings is 1. The van der Waals surface area contributed by atoms with Crippen molar-refractivity contribution in [2.45, 2.75) is 20.5 Å². The Morgan fingerprint density at radius 3 is 2.89 bits per heavy atom. The zero-order valence-corrected chi connectivity index (χ0v) is 10.2. The number of aromatic amines is 1. The first kappa shape index (κ1) is 11.0. The minimum absolute atomic E-state index is 0.166. The molecule has 0 bridgehead atoms. The molecule has 0 atom stereocenters. The van der Waals surface area contributed by atoms with Crippen molar-refractivity contribution in [2.24, 2.45) is 0 Å². The molecule has 2 N–H and O–H groups in total. The van der Waals surface area contributed by atoms with Gasteiger partial charge in [-0.3, -0.25) is 9.20 Å². The molecule has 2 aromatic heterocycles. The van der Waals surface area contributed by atoms with Gasteiger partial charge in [-0.05, 0) is 31.5 Å². The minimum atomic E-state index is -0.240. The summed E-state index contributed by atoms with van der Waals surface area (Å²) in [6.45, 7) is 3.66. The molecule has 2 heterocycles. The van der Waals surface area contributed by atoms with Gasteiger partial charge >= 0.3 is 0 Å². The fourth-order valence-corrected chi connectivity index (χ4v) is 2.27. The van der Waals surface area contributed by atoms with E-state index in [0.29, 0.717) is 11.3 Å². The second-order valence-electron chi connectivity index (χ2n) is 4.44. The van der Waals surface area contributed by atoms with E-state index in [9.17, 15) is 9.90 Å². The Hall–Kier alpha value is -2.14. The molecule has 3 rings (SSSR count). The molecule has 0 spiro atoms. The van der Waals surface area contributed by atoms with Crippen LogP contribution in [0.2, 0.25) is 0 Å². The number of nitrogens with zero attached hydrogens (tertiary/aromatic N) is 2. The summed E-state index contributed by atoms with van der Waals surface area (Å²) in [5.41, 5.74) is 4.17. The molecule has 0 aliphatic rings. The molecule has 1 aromatic carbocycles. The van der Waals surface area contributed by atoms with Crippen molar-refractivity contribution in [1.82, 2.24) is 14.4 Å². The van der Waals surface area contributed by atoms with Crippen molar-refractivity contribution in [3.63, 3.8) is 0 Å². The molecule has 0 fully saturated rings. The standard InChI is InChI=1S/C13H13N3O2/c1-7-3-4-11-9(5-7)15-13(18)12-14-10(6-17)8(2)16(11)12/h3-5,17H,6H2,1-2H3,(H,15,18). The van der Waals surface area contributed by atoms with Gasteiger partial charge in [0.1, 0.15) is 0 Å². The first-order chi connectivity index (χ1) is 8.61. The highest BCUT2D eigenvalue weighted by atomic mass is 16.3. The lowest BCUT2D eigenvalue weighted by molar-refractivity contribution is 0.276. The molecule has 0 radical (unpaired) electrons. The quantitative estimate of drug-likeness (QED) is 0.676. The molecule has 18 heavy (non-hydrogen) atoms. The molecule has 0 saturated carbocycles. The number of fused-ring (bicyclic) bond motifs is 3. The predicted octanol–water partition coefficient (Wildman–Crippen LogP) is 1.28. The average molecular weight is 243 g/mol.